The Labute approximate surface area is 255 Å². The average molecular weight is 616 g/mol. The van der Waals surface area contributed by atoms with Crippen LogP contribution in [0.25, 0.3) is 11.3 Å². The van der Waals surface area contributed by atoms with Crippen LogP contribution in [0, 0.1) is 0 Å². The number of ether oxygens (including phenoxy) is 2. The van der Waals surface area contributed by atoms with Gasteiger partial charge in [0, 0.05) is 42.2 Å². The number of nitrogens with zero attached hydrogens (tertiary/aromatic N) is 2. The summed E-state index contributed by atoms with van der Waals surface area (Å²) in [5, 5.41) is 11.9. The number of carbonyl (C=O) groups excluding carboxylic acids is 2. The van der Waals surface area contributed by atoms with Crippen LogP contribution in [0.5, 0.6) is 5.75 Å². The molecule has 2 N–H and O–H groups in total. The molecule has 0 spiro atoms. The molecule has 1 aliphatic carbocycles. The van der Waals surface area contributed by atoms with E-state index in [-0.39, 0.29) is 24.7 Å². The highest BCUT2D eigenvalue weighted by molar-refractivity contribution is 6.39. The van der Waals surface area contributed by atoms with Crippen molar-refractivity contribution in [2.45, 2.75) is 71.0 Å². The van der Waals surface area contributed by atoms with Crippen molar-refractivity contribution < 1.29 is 23.6 Å². The van der Waals surface area contributed by atoms with Crippen LogP contribution >= 0.6 is 23.2 Å². The second kappa shape index (κ2) is 13.4. The summed E-state index contributed by atoms with van der Waals surface area (Å²) in [6, 6.07) is 10.2. The topological polar surface area (TPSA) is 106 Å². The molecule has 1 saturated heterocycles. The fourth-order valence-corrected chi connectivity index (χ4v) is 6.02. The Morgan fingerprint density at radius 1 is 1.07 bits per heavy atom. The molecule has 2 atom stereocenters. The molecular weight excluding hydrogens is 579 g/mol. The Kier molecular flexibility index (Phi) is 9.60. The van der Waals surface area contributed by atoms with Gasteiger partial charge >= 0.3 is 12.0 Å². The van der Waals surface area contributed by atoms with Crippen LogP contribution in [0.15, 0.2) is 40.9 Å². The third kappa shape index (κ3) is 6.38. The van der Waals surface area contributed by atoms with Crippen LogP contribution in [0.2, 0.25) is 10.0 Å². The predicted octanol–water partition coefficient (Wildman–Crippen LogP) is 7.28. The lowest BCUT2D eigenvalue weighted by atomic mass is 9.91. The van der Waals surface area contributed by atoms with Crippen molar-refractivity contribution in [2.75, 3.05) is 25.1 Å². The Balaban J connectivity index is 1.27. The highest BCUT2D eigenvalue weighted by atomic mass is 35.5. The Hall–Kier alpha value is -3.27. The monoisotopic (exact) mass is 614 g/mol. The van der Waals surface area contributed by atoms with Gasteiger partial charge in [0.25, 0.3) is 0 Å². The normalized spacial score (nSPS) is 18.0. The number of hydrogen-bond acceptors (Lipinski definition) is 7. The Morgan fingerprint density at radius 3 is 2.50 bits per heavy atom. The molecule has 42 heavy (non-hydrogen) atoms. The zero-order valence-electron chi connectivity index (χ0n) is 24.0. The molecule has 2 unspecified atom stereocenters. The molecule has 1 aromatic heterocycles. The standard InChI is InChI=1S/C31H36Cl2N4O5/c1-4-20-15-21(37(20)31(39)35-25-13-12-19(30(38)41-6-3)14-26(25)40-5-2)16-34-17-22-28(36-42-29(22)18-10-11-18)27-23(32)8-7-9-24(27)33/h7-9,12-14,18,20-21,34H,4-6,10-11,15-17H2,1-3H3,(H,35,39). The van der Waals surface area contributed by atoms with E-state index < -0.39 is 5.97 Å². The lowest BCUT2D eigenvalue weighted by Gasteiger charge is -2.48. The van der Waals surface area contributed by atoms with Crippen LogP contribution < -0.4 is 15.4 Å². The maximum atomic E-state index is 13.5. The van der Waals surface area contributed by atoms with Gasteiger partial charge in [-0.1, -0.05) is 41.3 Å². The molecule has 2 aliphatic rings. The highest BCUT2D eigenvalue weighted by Crippen LogP contribution is 2.46. The lowest BCUT2D eigenvalue weighted by Crippen LogP contribution is -2.62. The van der Waals surface area contributed by atoms with Gasteiger partial charge in [0.1, 0.15) is 17.2 Å². The minimum atomic E-state index is -0.436. The zero-order chi connectivity index (χ0) is 29.8. The van der Waals surface area contributed by atoms with E-state index in [4.69, 9.17) is 37.2 Å². The number of urea groups is 1. The van der Waals surface area contributed by atoms with Crippen molar-refractivity contribution in [1.29, 1.82) is 0 Å². The van der Waals surface area contributed by atoms with E-state index >= 15 is 0 Å². The number of amides is 2. The van der Waals surface area contributed by atoms with E-state index in [1.54, 1.807) is 43.3 Å². The first kappa shape index (κ1) is 30.2. The predicted molar refractivity (Wildman–Crippen MR) is 163 cm³/mol. The molecule has 1 aliphatic heterocycles. The largest absolute Gasteiger partial charge is 0.492 e. The molecule has 11 heteroatoms. The van der Waals surface area contributed by atoms with Crippen molar-refractivity contribution in [3.05, 3.63) is 63.3 Å². The van der Waals surface area contributed by atoms with Crippen LogP contribution in [0.4, 0.5) is 10.5 Å². The number of esters is 1. The minimum absolute atomic E-state index is 0.000820. The molecule has 2 heterocycles. The second-order valence-corrected chi connectivity index (χ2v) is 11.3. The summed E-state index contributed by atoms with van der Waals surface area (Å²) in [6.07, 6.45) is 3.87. The number of nitrogens with one attached hydrogen (secondary N) is 2. The Bertz CT molecular complexity index is 1420. The zero-order valence-corrected chi connectivity index (χ0v) is 25.6. The Morgan fingerprint density at radius 2 is 1.83 bits per heavy atom. The van der Waals surface area contributed by atoms with Gasteiger partial charge in [0.2, 0.25) is 0 Å². The van der Waals surface area contributed by atoms with E-state index in [0.717, 1.165) is 37.0 Å². The minimum Gasteiger partial charge on any atom is -0.492 e. The average Bonchev–Trinajstić information content (AvgIpc) is 3.71. The lowest BCUT2D eigenvalue weighted by molar-refractivity contribution is 0.0525. The van der Waals surface area contributed by atoms with E-state index in [1.807, 2.05) is 11.8 Å². The molecule has 0 bridgehead atoms. The van der Waals surface area contributed by atoms with Gasteiger partial charge in [0.15, 0.2) is 0 Å². The van der Waals surface area contributed by atoms with Crippen molar-refractivity contribution >= 4 is 40.9 Å². The number of rotatable bonds is 12. The van der Waals surface area contributed by atoms with Gasteiger partial charge in [-0.2, -0.15) is 0 Å². The molecule has 3 aromatic rings. The fourth-order valence-electron chi connectivity index (χ4n) is 5.44. The summed E-state index contributed by atoms with van der Waals surface area (Å²) in [4.78, 5) is 27.6. The number of halogens is 2. The van der Waals surface area contributed by atoms with Crippen molar-refractivity contribution in [2.24, 2.45) is 0 Å². The summed E-state index contributed by atoms with van der Waals surface area (Å²) in [5.41, 5.74) is 3.15. The number of aromatic nitrogens is 1. The summed E-state index contributed by atoms with van der Waals surface area (Å²) >= 11 is 13.0. The third-order valence-corrected chi connectivity index (χ3v) is 8.35. The second-order valence-electron chi connectivity index (χ2n) is 10.5. The summed E-state index contributed by atoms with van der Waals surface area (Å²) in [5.74, 6) is 1.21. The van der Waals surface area contributed by atoms with Gasteiger partial charge in [-0.05, 0) is 69.9 Å². The maximum Gasteiger partial charge on any atom is 0.338 e. The van der Waals surface area contributed by atoms with Gasteiger partial charge < -0.3 is 29.5 Å². The molecule has 2 fully saturated rings. The van der Waals surface area contributed by atoms with Gasteiger partial charge in [-0.3, -0.25) is 0 Å². The summed E-state index contributed by atoms with van der Waals surface area (Å²) in [7, 11) is 0. The number of likely N-dealkylation sites (tertiary alicyclic amines) is 1. The van der Waals surface area contributed by atoms with Crippen LogP contribution in [-0.4, -0.2) is 53.9 Å². The fraction of sp³-hybridized carbons (Fsp3) is 0.452. The van der Waals surface area contributed by atoms with Crippen LogP contribution in [0.1, 0.15) is 74.1 Å². The van der Waals surface area contributed by atoms with E-state index in [2.05, 4.69) is 22.7 Å². The molecule has 2 aromatic carbocycles. The third-order valence-electron chi connectivity index (χ3n) is 7.72. The molecule has 2 amide bonds. The van der Waals surface area contributed by atoms with Gasteiger partial charge in [0.05, 0.1) is 34.5 Å². The number of benzene rings is 2. The number of carbonyl (C=O) groups is 2. The van der Waals surface area contributed by atoms with Gasteiger partial charge in [-0.15, -0.1) is 0 Å². The SMILES string of the molecule is CCOC(=O)c1ccc(NC(=O)N2C(CC)CC2CNCc2c(-c3c(Cl)cccc3Cl)noc2C2CC2)c(OCC)c1. The first-order valence-electron chi connectivity index (χ1n) is 14.5. The van der Waals surface area contributed by atoms with Crippen molar-refractivity contribution in [1.82, 2.24) is 15.4 Å². The smallest absolute Gasteiger partial charge is 0.338 e. The summed E-state index contributed by atoms with van der Waals surface area (Å²) in [6.45, 7) is 7.45. The highest BCUT2D eigenvalue weighted by Gasteiger charge is 2.41. The van der Waals surface area contributed by atoms with Crippen molar-refractivity contribution in [3.63, 3.8) is 0 Å². The molecular formula is C31H36Cl2N4O5. The maximum absolute atomic E-state index is 13.5. The van der Waals surface area contributed by atoms with Gasteiger partial charge in [-0.25, -0.2) is 9.59 Å². The molecule has 0 radical (unpaired) electrons. The molecule has 224 valence electrons. The van der Waals surface area contributed by atoms with E-state index in [1.165, 1.54) is 0 Å². The quantitative estimate of drug-likeness (QED) is 0.206. The number of anilines is 1. The van der Waals surface area contributed by atoms with Crippen LogP contribution in [-0.2, 0) is 11.3 Å². The summed E-state index contributed by atoms with van der Waals surface area (Å²) < 4.78 is 16.6. The van der Waals surface area contributed by atoms with Crippen LogP contribution in [0.3, 0.4) is 0 Å². The first-order chi connectivity index (χ1) is 20.4. The van der Waals surface area contributed by atoms with E-state index in [9.17, 15) is 9.59 Å². The number of hydrogen-bond donors (Lipinski definition) is 2. The van der Waals surface area contributed by atoms with Crippen molar-refractivity contribution in [3.8, 4) is 17.0 Å². The molecule has 9 nitrogen and oxygen atoms in total. The van der Waals surface area contributed by atoms with E-state index in [0.29, 0.717) is 63.9 Å². The first-order valence-corrected chi connectivity index (χ1v) is 15.3. The molecule has 1 saturated carbocycles. The molecule has 5 rings (SSSR count).